The molecule has 0 unspecified atom stereocenters. The summed E-state index contributed by atoms with van der Waals surface area (Å²) in [5, 5.41) is 0. The number of rotatable bonds is 18. The summed E-state index contributed by atoms with van der Waals surface area (Å²) in [7, 11) is 0. The molecule has 0 aliphatic rings. The lowest BCUT2D eigenvalue weighted by Gasteiger charge is -2.30. The number of aryl methyl sites for hydroxylation is 2. The highest BCUT2D eigenvalue weighted by molar-refractivity contribution is 5.93. The average molecular weight is 1090 g/mol. The SMILES string of the molecule is Cc1cccc(C(C)C)c1N(c1ccc(C=C(c2ccccc2)c2ccccc2)cc1)c1ccc(/C=C/c2ccc(/C=C/c3ccc(N(c4ccc(C=C(c5ccccc5)c5ccccc5)cc4)c4c(C)cccc4C(C)C)cc3)cc2)cc1. The van der Waals surface area contributed by atoms with Crippen molar-refractivity contribution in [1.82, 2.24) is 0 Å². The summed E-state index contributed by atoms with van der Waals surface area (Å²) >= 11 is 0. The molecule has 0 radical (unpaired) electrons. The van der Waals surface area contributed by atoms with Gasteiger partial charge in [0.05, 0.1) is 11.4 Å². The van der Waals surface area contributed by atoms with Crippen LogP contribution in [0, 0.1) is 13.8 Å². The number of nitrogens with zero attached hydrogens (tertiary/aromatic N) is 2. The van der Waals surface area contributed by atoms with Gasteiger partial charge >= 0.3 is 0 Å². The van der Waals surface area contributed by atoms with Crippen LogP contribution in [0.1, 0.15) is 117 Å². The molecule has 0 atom stereocenters. The molecule has 0 aliphatic heterocycles. The Bertz CT molecular complexity index is 3700. The topological polar surface area (TPSA) is 6.48 Å². The molecule has 2 nitrogen and oxygen atoms in total. The number of hydrogen-bond acceptors (Lipinski definition) is 2. The van der Waals surface area contributed by atoms with Crippen LogP contribution in [0.25, 0.3) is 47.6 Å². The number of hydrogen-bond donors (Lipinski definition) is 0. The summed E-state index contributed by atoms with van der Waals surface area (Å²) in [6.07, 6.45) is 13.4. The molecule has 2 heteroatoms. The molecule has 0 N–H and O–H groups in total. The molecule has 11 aromatic carbocycles. The molecule has 0 heterocycles. The summed E-state index contributed by atoms with van der Waals surface area (Å²) in [6.45, 7) is 13.6. The maximum Gasteiger partial charge on any atom is 0.0525 e. The highest BCUT2D eigenvalue weighted by atomic mass is 15.2. The first-order valence-corrected chi connectivity index (χ1v) is 29.4. The maximum absolute atomic E-state index is 2.43. The molecule has 11 rings (SSSR count). The summed E-state index contributed by atoms with van der Waals surface area (Å²) in [5.74, 6) is 0.693. The highest BCUT2D eigenvalue weighted by Crippen LogP contribution is 2.44. The quantitative estimate of drug-likeness (QED) is 0.0790. The molecule has 84 heavy (non-hydrogen) atoms. The van der Waals surface area contributed by atoms with Crippen LogP contribution < -0.4 is 9.80 Å². The summed E-state index contributed by atoms with van der Waals surface area (Å²) < 4.78 is 0. The molecular formula is C82H72N2. The molecule has 0 saturated carbocycles. The third kappa shape index (κ3) is 13.2. The second-order valence-electron chi connectivity index (χ2n) is 22.3. The Labute approximate surface area is 499 Å². The molecule has 0 amide bonds. The molecule has 0 aliphatic carbocycles. The molecule has 0 fully saturated rings. The first-order valence-electron chi connectivity index (χ1n) is 29.4. The van der Waals surface area contributed by atoms with Gasteiger partial charge in [0.1, 0.15) is 0 Å². The molecule has 0 saturated heterocycles. The molecule has 410 valence electrons. The fourth-order valence-corrected chi connectivity index (χ4v) is 11.2. The largest absolute Gasteiger partial charge is 0.310 e. The van der Waals surface area contributed by atoms with Gasteiger partial charge in [0.2, 0.25) is 0 Å². The van der Waals surface area contributed by atoms with Gasteiger partial charge in [-0.15, -0.1) is 0 Å². The maximum atomic E-state index is 2.43. The van der Waals surface area contributed by atoms with E-state index in [0.29, 0.717) is 11.8 Å². The second-order valence-corrected chi connectivity index (χ2v) is 22.3. The fraction of sp³-hybridized carbons (Fsp3) is 0.0976. The van der Waals surface area contributed by atoms with Gasteiger partial charge in [0, 0.05) is 22.7 Å². The predicted octanol–water partition coefficient (Wildman–Crippen LogP) is 23.0. The van der Waals surface area contributed by atoms with E-state index in [4.69, 9.17) is 0 Å². The number of para-hydroxylation sites is 2. The second kappa shape index (κ2) is 26.3. The van der Waals surface area contributed by atoms with Crippen LogP contribution in [0.2, 0.25) is 0 Å². The van der Waals surface area contributed by atoms with E-state index in [2.05, 4.69) is 367 Å². The van der Waals surface area contributed by atoms with E-state index in [1.807, 2.05) is 0 Å². The van der Waals surface area contributed by atoms with Crippen LogP contribution in [0.3, 0.4) is 0 Å². The number of benzene rings is 11. The average Bonchev–Trinajstić information content (AvgIpc) is 3.47. The van der Waals surface area contributed by atoms with E-state index in [-0.39, 0.29) is 0 Å². The third-order valence-corrected chi connectivity index (χ3v) is 15.7. The van der Waals surface area contributed by atoms with Crippen molar-refractivity contribution >= 4 is 81.7 Å². The first kappa shape index (κ1) is 55.9. The minimum Gasteiger partial charge on any atom is -0.310 e. The Morgan fingerprint density at radius 3 is 0.750 bits per heavy atom. The fourth-order valence-electron chi connectivity index (χ4n) is 11.2. The zero-order valence-corrected chi connectivity index (χ0v) is 49.1. The Hall–Kier alpha value is -10.0. The van der Waals surface area contributed by atoms with Gasteiger partial charge in [-0.1, -0.05) is 283 Å². The molecule has 0 bridgehead atoms. The third-order valence-electron chi connectivity index (χ3n) is 15.7. The molecule has 0 aromatic heterocycles. The summed E-state index contributed by atoms with van der Waals surface area (Å²) in [6, 6.07) is 101. The lowest BCUT2D eigenvalue weighted by Crippen LogP contribution is -2.14. The lowest BCUT2D eigenvalue weighted by molar-refractivity contribution is 0.862. The van der Waals surface area contributed by atoms with Crippen molar-refractivity contribution in [3.63, 3.8) is 0 Å². The van der Waals surface area contributed by atoms with E-state index in [1.165, 1.54) is 67.0 Å². The van der Waals surface area contributed by atoms with Gasteiger partial charge in [-0.25, -0.2) is 0 Å². The Morgan fingerprint density at radius 1 is 0.262 bits per heavy atom. The van der Waals surface area contributed by atoms with Crippen molar-refractivity contribution in [2.24, 2.45) is 0 Å². The van der Waals surface area contributed by atoms with E-state index in [1.54, 1.807) is 0 Å². The van der Waals surface area contributed by atoms with Crippen molar-refractivity contribution in [3.8, 4) is 0 Å². The number of anilines is 6. The lowest BCUT2D eigenvalue weighted by atomic mass is 9.95. The van der Waals surface area contributed by atoms with Crippen LogP contribution in [0.5, 0.6) is 0 Å². The van der Waals surface area contributed by atoms with Gasteiger partial charge in [-0.2, -0.15) is 0 Å². The van der Waals surface area contributed by atoms with Gasteiger partial charge < -0.3 is 9.80 Å². The summed E-state index contributed by atoms with van der Waals surface area (Å²) in [5.41, 5.74) is 26.1. The van der Waals surface area contributed by atoms with Crippen molar-refractivity contribution in [2.75, 3.05) is 9.80 Å². The Balaban J connectivity index is 0.806. The van der Waals surface area contributed by atoms with Gasteiger partial charge in [0.15, 0.2) is 0 Å². The minimum atomic E-state index is 0.346. The summed E-state index contributed by atoms with van der Waals surface area (Å²) in [4.78, 5) is 4.86. The van der Waals surface area contributed by atoms with E-state index < -0.39 is 0 Å². The van der Waals surface area contributed by atoms with Gasteiger partial charge in [-0.05, 0) is 175 Å². The zero-order valence-electron chi connectivity index (χ0n) is 49.1. The first-order chi connectivity index (χ1) is 41.1. The highest BCUT2D eigenvalue weighted by Gasteiger charge is 2.22. The van der Waals surface area contributed by atoms with Gasteiger partial charge in [-0.3, -0.25) is 0 Å². The van der Waals surface area contributed by atoms with Crippen LogP contribution in [-0.2, 0) is 0 Å². The minimum absolute atomic E-state index is 0.346. The standard InChI is InChI=1S/C82H72N2/c1-59(2)77-31-19-21-61(5)81(77)83(75-53-45-67(46-54-75)57-79(69-23-11-7-12-24-69)70-25-13-8-14-26-70)73-49-41-65(42-50-73)39-37-63-33-35-64(36-34-63)38-40-66-43-51-74(52-44-66)84(82-62(6)22-20-32-78(82)60(3)4)76-55-47-68(48-56-76)58-80(71-27-15-9-16-28-71)72-29-17-10-18-30-72/h7-60H,1-6H3/b39-37+,40-38+. The Kier molecular flexibility index (Phi) is 17.5. The smallest absolute Gasteiger partial charge is 0.0525 e. The molecular weight excluding hydrogens is 1010 g/mol. The molecule has 0 spiro atoms. The zero-order chi connectivity index (χ0) is 57.8. The normalized spacial score (nSPS) is 11.3. The van der Waals surface area contributed by atoms with E-state index >= 15 is 0 Å². The van der Waals surface area contributed by atoms with E-state index in [0.717, 1.165) is 56.1 Å². The van der Waals surface area contributed by atoms with Crippen molar-refractivity contribution in [3.05, 3.63) is 357 Å². The van der Waals surface area contributed by atoms with Crippen LogP contribution in [0.15, 0.2) is 279 Å². The van der Waals surface area contributed by atoms with Crippen molar-refractivity contribution in [2.45, 2.75) is 53.4 Å². The van der Waals surface area contributed by atoms with Crippen LogP contribution in [0.4, 0.5) is 34.1 Å². The van der Waals surface area contributed by atoms with Crippen LogP contribution >= 0.6 is 0 Å². The Morgan fingerprint density at radius 2 is 0.500 bits per heavy atom. The van der Waals surface area contributed by atoms with E-state index in [9.17, 15) is 0 Å². The monoisotopic (exact) mass is 1080 g/mol. The van der Waals surface area contributed by atoms with Crippen LogP contribution in [-0.4, -0.2) is 0 Å². The van der Waals surface area contributed by atoms with Crippen molar-refractivity contribution < 1.29 is 0 Å². The van der Waals surface area contributed by atoms with Gasteiger partial charge in [0.25, 0.3) is 0 Å². The molecule has 11 aromatic rings. The predicted molar refractivity (Wildman–Crippen MR) is 364 cm³/mol. The van der Waals surface area contributed by atoms with Crippen molar-refractivity contribution in [1.29, 1.82) is 0 Å².